The largest absolute Gasteiger partial charge is 0.444 e. The molecule has 1 aliphatic rings. The van der Waals surface area contributed by atoms with Gasteiger partial charge in [0.05, 0.1) is 0 Å². The lowest BCUT2D eigenvalue weighted by atomic mass is 10.0. The van der Waals surface area contributed by atoms with Crippen LogP contribution in [0.2, 0.25) is 5.02 Å². The van der Waals surface area contributed by atoms with E-state index in [-0.39, 0.29) is 11.9 Å². The highest BCUT2D eigenvalue weighted by molar-refractivity contribution is 6.30. The Labute approximate surface area is 195 Å². The quantitative estimate of drug-likeness (QED) is 0.656. The summed E-state index contributed by atoms with van der Waals surface area (Å²) in [5, 5.41) is 6.62. The number of benzene rings is 2. The highest BCUT2D eigenvalue weighted by Gasteiger charge is 2.21. The van der Waals surface area contributed by atoms with Crippen LogP contribution in [0.15, 0.2) is 48.5 Å². The smallest absolute Gasteiger partial charge is 0.407 e. The summed E-state index contributed by atoms with van der Waals surface area (Å²) in [6.07, 6.45) is 1.40. The van der Waals surface area contributed by atoms with Crippen molar-refractivity contribution in [1.29, 1.82) is 0 Å². The van der Waals surface area contributed by atoms with Crippen molar-refractivity contribution in [1.82, 2.24) is 15.5 Å². The van der Waals surface area contributed by atoms with Gasteiger partial charge in [0.15, 0.2) is 0 Å². The molecule has 0 unspecified atom stereocenters. The highest BCUT2D eigenvalue weighted by atomic mass is 35.5. The zero-order valence-electron chi connectivity index (χ0n) is 19.0. The molecule has 1 aliphatic heterocycles. The number of alkyl carbamates (subject to hydrolysis) is 1. The van der Waals surface area contributed by atoms with Crippen LogP contribution in [-0.2, 0) is 17.8 Å². The Hall–Kier alpha value is -2.57. The maximum Gasteiger partial charge on any atom is 0.407 e. The minimum absolute atomic E-state index is 0.0622. The van der Waals surface area contributed by atoms with E-state index >= 15 is 0 Å². The summed E-state index contributed by atoms with van der Waals surface area (Å²) >= 11 is 5.95. The summed E-state index contributed by atoms with van der Waals surface area (Å²) in [5.41, 5.74) is 2.24. The summed E-state index contributed by atoms with van der Waals surface area (Å²) in [6, 6.07) is 15.4. The monoisotopic (exact) mass is 457 g/mol. The number of ether oxygens (including phenoxy) is 1. The lowest BCUT2D eigenvalue weighted by molar-refractivity contribution is 0.0523. The van der Waals surface area contributed by atoms with Crippen LogP contribution >= 0.6 is 11.6 Å². The molecule has 0 saturated carbocycles. The van der Waals surface area contributed by atoms with Gasteiger partial charge in [0.1, 0.15) is 5.60 Å². The molecule has 1 heterocycles. The van der Waals surface area contributed by atoms with E-state index in [4.69, 9.17) is 16.3 Å². The SMILES string of the molecule is CC(C)(C)OC(=O)NCc1ccc(C(=O)NC2CCN(Cc3ccc(Cl)cc3)CC2)cc1. The summed E-state index contributed by atoms with van der Waals surface area (Å²) in [5.74, 6) is -0.0622. The molecule has 32 heavy (non-hydrogen) atoms. The lowest BCUT2D eigenvalue weighted by Gasteiger charge is -2.32. The van der Waals surface area contributed by atoms with Crippen molar-refractivity contribution in [3.05, 3.63) is 70.2 Å². The average molecular weight is 458 g/mol. The van der Waals surface area contributed by atoms with Crippen molar-refractivity contribution in [2.75, 3.05) is 13.1 Å². The van der Waals surface area contributed by atoms with E-state index in [1.165, 1.54) is 5.56 Å². The molecule has 0 spiro atoms. The molecule has 0 aromatic heterocycles. The molecule has 0 atom stereocenters. The predicted octanol–water partition coefficient (Wildman–Crippen LogP) is 4.76. The first-order chi connectivity index (χ1) is 15.2. The van der Waals surface area contributed by atoms with E-state index in [1.807, 2.05) is 45.0 Å². The molecule has 1 fully saturated rings. The zero-order valence-corrected chi connectivity index (χ0v) is 19.7. The summed E-state index contributed by atoms with van der Waals surface area (Å²) in [6.45, 7) is 8.61. The Kier molecular flexibility index (Phi) is 8.15. The van der Waals surface area contributed by atoms with Crippen molar-refractivity contribution in [3.63, 3.8) is 0 Å². The summed E-state index contributed by atoms with van der Waals surface area (Å²) in [7, 11) is 0. The molecule has 0 aliphatic carbocycles. The number of rotatable bonds is 6. The second-order valence-corrected chi connectivity index (χ2v) is 9.64. The van der Waals surface area contributed by atoms with E-state index in [0.29, 0.717) is 12.1 Å². The van der Waals surface area contributed by atoms with E-state index in [2.05, 4.69) is 27.7 Å². The van der Waals surface area contributed by atoms with E-state index in [0.717, 1.165) is 43.1 Å². The van der Waals surface area contributed by atoms with Crippen molar-refractivity contribution in [2.24, 2.45) is 0 Å². The third kappa shape index (κ3) is 7.84. The molecule has 3 rings (SSSR count). The van der Waals surface area contributed by atoms with Crippen LogP contribution in [0, 0.1) is 0 Å². The van der Waals surface area contributed by atoms with Crippen LogP contribution < -0.4 is 10.6 Å². The fourth-order valence-corrected chi connectivity index (χ4v) is 3.74. The first-order valence-electron chi connectivity index (χ1n) is 11.0. The number of carbonyl (C=O) groups excluding carboxylic acids is 2. The second kappa shape index (κ2) is 10.8. The maximum absolute atomic E-state index is 12.6. The second-order valence-electron chi connectivity index (χ2n) is 9.20. The molecule has 1 saturated heterocycles. The molecular formula is C25H32ClN3O3. The van der Waals surface area contributed by atoms with Gasteiger partial charge in [-0.3, -0.25) is 9.69 Å². The molecule has 2 N–H and O–H groups in total. The van der Waals surface area contributed by atoms with Gasteiger partial charge in [-0.1, -0.05) is 35.9 Å². The Bertz CT molecular complexity index is 900. The number of hydrogen-bond acceptors (Lipinski definition) is 4. The number of nitrogens with zero attached hydrogens (tertiary/aromatic N) is 1. The van der Waals surface area contributed by atoms with Crippen LogP contribution in [0.3, 0.4) is 0 Å². The predicted molar refractivity (Wildman–Crippen MR) is 127 cm³/mol. The van der Waals surface area contributed by atoms with Gasteiger partial charge in [-0.25, -0.2) is 4.79 Å². The van der Waals surface area contributed by atoms with Gasteiger partial charge in [0.2, 0.25) is 0 Å². The lowest BCUT2D eigenvalue weighted by Crippen LogP contribution is -2.44. The van der Waals surface area contributed by atoms with Crippen LogP contribution in [-0.4, -0.2) is 41.6 Å². The van der Waals surface area contributed by atoms with Crippen molar-refractivity contribution >= 4 is 23.6 Å². The third-order valence-corrected chi connectivity index (χ3v) is 5.55. The maximum atomic E-state index is 12.6. The number of carbonyl (C=O) groups is 2. The summed E-state index contributed by atoms with van der Waals surface area (Å²) in [4.78, 5) is 26.8. The molecule has 0 radical (unpaired) electrons. The van der Waals surface area contributed by atoms with Crippen LogP contribution in [0.25, 0.3) is 0 Å². The Morgan fingerprint density at radius 3 is 2.19 bits per heavy atom. The van der Waals surface area contributed by atoms with Gasteiger partial charge in [0, 0.05) is 42.8 Å². The normalized spacial score (nSPS) is 15.2. The molecule has 2 amide bonds. The Morgan fingerprint density at radius 2 is 1.59 bits per heavy atom. The number of likely N-dealkylation sites (tertiary alicyclic amines) is 1. The molecular weight excluding hydrogens is 426 g/mol. The highest BCUT2D eigenvalue weighted by Crippen LogP contribution is 2.16. The van der Waals surface area contributed by atoms with E-state index < -0.39 is 11.7 Å². The number of halogens is 1. The molecule has 172 valence electrons. The third-order valence-electron chi connectivity index (χ3n) is 5.29. The Morgan fingerprint density at radius 1 is 1.00 bits per heavy atom. The van der Waals surface area contributed by atoms with E-state index in [1.54, 1.807) is 12.1 Å². The minimum atomic E-state index is -0.530. The molecule has 2 aromatic rings. The molecule has 0 bridgehead atoms. The van der Waals surface area contributed by atoms with Gasteiger partial charge in [-0.15, -0.1) is 0 Å². The Balaban J connectivity index is 1.41. The number of piperidine rings is 1. The van der Waals surface area contributed by atoms with Crippen LogP contribution in [0.1, 0.15) is 55.1 Å². The first kappa shape index (κ1) is 24.1. The van der Waals surface area contributed by atoms with Gasteiger partial charge < -0.3 is 15.4 Å². The average Bonchev–Trinajstić information content (AvgIpc) is 2.74. The fourth-order valence-electron chi connectivity index (χ4n) is 3.61. The van der Waals surface area contributed by atoms with E-state index in [9.17, 15) is 9.59 Å². The zero-order chi connectivity index (χ0) is 23.1. The standard InChI is InChI=1S/C25H32ClN3O3/c1-25(2,3)32-24(31)27-16-18-4-8-20(9-5-18)23(30)28-22-12-14-29(15-13-22)17-19-6-10-21(26)11-7-19/h4-11,22H,12-17H2,1-3H3,(H,27,31)(H,28,30). The van der Waals surface area contributed by atoms with Gasteiger partial charge in [-0.05, 0) is 69.0 Å². The molecule has 2 aromatic carbocycles. The number of nitrogens with one attached hydrogen (secondary N) is 2. The fraction of sp³-hybridized carbons (Fsp3) is 0.440. The van der Waals surface area contributed by atoms with Crippen molar-refractivity contribution in [3.8, 4) is 0 Å². The van der Waals surface area contributed by atoms with Crippen LogP contribution in [0.4, 0.5) is 4.79 Å². The van der Waals surface area contributed by atoms with Crippen LogP contribution in [0.5, 0.6) is 0 Å². The van der Waals surface area contributed by atoms with Gasteiger partial charge >= 0.3 is 6.09 Å². The first-order valence-corrected chi connectivity index (χ1v) is 11.4. The molecule has 7 heteroatoms. The van der Waals surface area contributed by atoms with Crippen molar-refractivity contribution < 1.29 is 14.3 Å². The number of amides is 2. The van der Waals surface area contributed by atoms with Gasteiger partial charge in [-0.2, -0.15) is 0 Å². The minimum Gasteiger partial charge on any atom is -0.444 e. The van der Waals surface area contributed by atoms with Crippen molar-refractivity contribution in [2.45, 2.75) is 58.3 Å². The topological polar surface area (TPSA) is 70.7 Å². The molecule has 6 nitrogen and oxygen atoms in total. The van der Waals surface area contributed by atoms with Gasteiger partial charge in [0.25, 0.3) is 5.91 Å². The summed E-state index contributed by atoms with van der Waals surface area (Å²) < 4.78 is 5.23. The number of hydrogen-bond donors (Lipinski definition) is 2.